The number of rotatable bonds is 4. The Morgan fingerprint density at radius 2 is 1.73 bits per heavy atom. The average Bonchev–Trinajstić information content (AvgIpc) is 2.18. The van der Waals surface area contributed by atoms with E-state index in [2.05, 4.69) is 0 Å². The molecule has 0 aliphatic heterocycles. The number of hydrogen-bond acceptors (Lipinski definition) is 2. The zero-order chi connectivity index (χ0) is 11.1. The van der Waals surface area contributed by atoms with Gasteiger partial charge in [-0.05, 0) is 19.3 Å². The van der Waals surface area contributed by atoms with Crippen molar-refractivity contribution >= 4 is 5.78 Å². The number of hydrogen-bond donors (Lipinski definition) is 1. The molecule has 1 aliphatic rings. The van der Waals surface area contributed by atoms with Crippen LogP contribution in [-0.2, 0) is 4.79 Å². The van der Waals surface area contributed by atoms with Crippen LogP contribution in [0.2, 0.25) is 0 Å². The van der Waals surface area contributed by atoms with E-state index in [-0.39, 0.29) is 18.4 Å². The van der Waals surface area contributed by atoms with Gasteiger partial charge >= 0.3 is 0 Å². The third-order valence-electron chi connectivity index (χ3n) is 3.62. The number of ketones is 1. The predicted octanol–water partition coefficient (Wildman–Crippen LogP) is 2.93. The summed E-state index contributed by atoms with van der Waals surface area (Å²) in [6.45, 7) is 2.02. The summed E-state index contributed by atoms with van der Waals surface area (Å²) in [6, 6.07) is 0. The first-order valence-corrected chi connectivity index (χ1v) is 6.44. The summed E-state index contributed by atoms with van der Waals surface area (Å²) < 4.78 is 0. The highest BCUT2D eigenvalue weighted by Gasteiger charge is 2.25. The minimum absolute atomic E-state index is 0.0336. The Hall–Kier alpha value is -0.370. The summed E-state index contributed by atoms with van der Waals surface area (Å²) >= 11 is 0. The highest BCUT2D eigenvalue weighted by Crippen LogP contribution is 2.25. The Morgan fingerprint density at radius 3 is 2.20 bits per heavy atom. The van der Waals surface area contributed by atoms with Crippen LogP contribution < -0.4 is 0 Å². The van der Waals surface area contributed by atoms with Gasteiger partial charge in [0.25, 0.3) is 0 Å². The molecule has 0 amide bonds. The molecule has 1 fully saturated rings. The molecule has 1 N–H and O–H groups in total. The molecule has 1 aliphatic carbocycles. The number of carbonyl (C=O) groups is 1. The first kappa shape index (κ1) is 12.7. The summed E-state index contributed by atoms with van der Waals surface area (Å²) in [7, 11) is 0. The van der Waals surface area contributed by atoms with Crippen molar-refractivity contribution in [3.63, 3.8) is 0 Å². The monoisotopic (exact) mass is 212 g/mol. The van der Waals surface area contributed by atoms with Gasteiger partial charge in [-0.2, -0.15) is 0 Å². The topological polar surface area (TPSA) is 37.3 Å². The zero-order valence-electron chi connectivity index (χ0n) is 9.87. The Bertz CT molecular complexity index is 177. The molecule has 1 saturated carbocycles. The third-order valence-corrected chi connectivity index (χ3v) is 3.62. The minimum Gasteiger partial charge on any atom is -0.396 e. The van der Waals surface area contributed by atoms with Crippen LogP contribution in [0, 0.1) is 11.8 Å². The molecule has 0 unspecified atom stereocenters. The summed E-state index contributed by atoms with van der Waals surface area (Å²) in [4.78, 5) is 12.1. The van der Waals surface area contributed by atoms with Crippen molar-refractivity contribution in [3.8, 4) is 0 Å². The van der Waals surface area contributed by atoms with Crippen LogP contribution in [0.4, 0.5) is 0 Å². The van der Waals surface area contributed by atoms with E-state index in [0.717, 1.165) is 19.3 Å². The molecule has 0 spiro atoms. The molecule has 2 heteroatoms. The van der Waals surface area contributed by atoms with E-state index in [0.29, 0.717) is 5.78 Å². The highest BCUT2D eigenvalue weighted by atomic mass is 16.3. The lowest BCUT2D eigenvalue weighted by Crippen LogP contribution is -2.26. The Balaban J connectivity index is 2.47. The maximum absolute atomic E-state index is 12.1. The van der Waals surface area contributed by atoms with Crippen LogP contribution in [0.25, 0.3) is 0 Å². The van der Waals surface area contributed by atoms with Gasteiger partial charge in [0, 0.05) is 11.8 Å². The van der Waals surface area contributed by atoms with Crippen molar-refractivity contribution in [2.45, 2.75) is 58.3 Å². The first-order chi connectivity index (χ1) is 7.29. The second-order valence-corrected chi connectivity index (χ2v) is 4.73. The second kappa shape index (κ2) is 7.00. The Labute approximate surface area is 93.1 Å². The van der Waals surface area contributed by atoms with Crippen molar-refractivity contribution in [1.29, 1.82) is 0 Å². The van der Waals surface area contributed by atoms with E-state index in [1.807, 2.05) is 6.92 Å². The van der Waals surface area contributed by atoms with E-state index in [1.165, 1.54) is 32.1 Å². The van der Waals surface area contributed by atoms with Crippen LogP contribution in [0.5, 0.6) is 0 Å². The van der Waals surface area contributed by atoms with Gasteiger partial charge in [-0.15, -0.1) is 0 Å². The van der Waals surface area contributed by atoms with Gasteiger partial charge in [0.1, 0.15) is 5.78 Å². The van der Waals surface area contributed by atoms with Crippen LogP contribution in [0.1, 0.15) is 58.3 Å². The summed E-state index contributed by atoms with van der Waals surface area (Å²) in [5.74, 6) is 0.457. The van der Waals surface area contributed by atoms with Gasteiger partial charge in [-0.25, -0.2) is 0 Å². The van der Waals surface area contributed by atoms with Crippen LogP contribution in [0.15, 0.2) is 0 Å². The normalized spacial score (nSPS) is 21.7. The van der Waals surface area contributed by atoms with Crippen molar-refractivity contribution in [2.24, 2.45) is 11.8 Å². The number of aliphatic hydroxyl groups is 1. The molecule has 0 saturated heterocycles. The largest absolute Gasteiger partial charge is 0.396 e. The molecule has 0 aromatic carbocycles. The number of carbonyl (C=O) groups excluding carboxylic acids is 1. The molecule has 88 valence electrons. The second-order valence-electron chi connectivity index (χ2n) is 4.73. The Morgan fingerprint density at radius 1 is 1.20 bits per heavy atom. The van der Waals surface area contributed by atoms with Gasteiger partial charge in [0.2, 0.25) is 0 Å². The molecule has 0 aromatic heterocycles. The summed E-state index contributed by atoms with van der Waals surface area (Å²) in [5.41, 5.74) is 0. The summed E-state index contributed by atoms with van der Waals surface area (Å²) in [6.07, 6.45) is 9.16. The zero-order valence-corrected chi connectivity index (χ0v) is 9.87. The Kier molecular flexibility index (Phi) is 5.92. The smallest absolute Gasteiger partial charge is 0.141 e. The van der Waals surface area contributed by atoms with Crippen molar-refractivity contribution in [2.75, 3.05) is 6.61 Å². The molecule has 0 radical (unpaired) electrons. The molecule has 0 bridgehead atoms. The van der Waals surface area contributed by atoms with Crippen molar-refractivity contribution < 1.29 is 9.90 Å². The van der Waals surface area contributed by atoms with Crippen molar-refractivity contribution in [3.05, 3.63) is 0 Å². The van der Waals surface area contributed by atoms with E-state index in [1.54, 1.807) is 0 Å². The third kappa shape index (κ3) is 3.94. The number of aliphatic hydroxyl groups excluding tert-OH is 1. The van der Waals surface area contributed by atoms with Gasteiger partial charge < -0.3 is 5.11 Å². The van der Waals surface area contributed by atoms with E-state index in [4.69, 9.17) is 5.11 Å². The number of Topliss-reactive ketones (excluding diaryl/α,β-unsaturated/α-hetero) is 1. The van der Waals surface area contributed by atoms with E-state index in [9.17, 15) is 4.79 Å². The first-order valence-electron chi connectivity index (χ1n) is 6.44. The lowest BCUT2D eigenvalue weighted by Gasteiger charge is -2.22. The fourth-order valence-corrected chi connectivity index (χ4v) is 2.49. The van der Waals surface area contributed by atoms with Crippen molar-refractivity contribution in [1.82, 2.24) is 0 Å². The average molecular weight is 212 g/mol. The molecule has 0 aromatic rings. The van der Waals surface area contributed by atoms with E-state index < -0.39 is 0 Å². The molecule has 1 rings (SSSR count). The molecule has 0 heterocycles. The SMILES string of the molecule is CC[C@H](CO)C(=O)C1CCCCCCC1. The fourth-order valence-electron chi connectivity index (χ4n) is 2.49. The van der Waals surface area contributed by atoms with Crippen LogP contribution in [0.3, 0.4) is 0 Å². The lowest BCUT2D eigenvalue weighted by atomic mass is 9.83. The fraction of sp³-hybridized carbons (Fsp3) is 0.923. The van der Waals surface area contributed by atoms with Gasteiger partial charge in [0.15, 0.2) is 0 Å². The van der Waals surface area contributed by atoms with Gasteiger partial charge in [-0.1, -0.05) is 39.0 Å². The molecule has 1 atom stereocenters. The maximum atomic E-state index is 12.1. The van der Waals surface area contributed by atoms with Crippen LogP contribution >= 0.6 is 0 Å². The van der Waals surface area contributed by atoms with Gasteiger partial charge in [-0.3, -0.25) is 4.79 Å². The standard InChI is InChI=1S/C13H24O2/c1-2-11(10-14)13(15)12-8-6-4-3-5-7-9-12/h11-12,14H,2-10H2,1H3/t11-/m1/s1. The van der Waals surface area contributed by atoms with Crippen LogP contribution in [-0.4, -0.2) is 17.5 Å². The quantitative estimate of drug-likeness (QED) is 0.778. The molecular weight excluding hydrogens is 188 g/mol. The van der Waals surface area contributed by atoms with Gasteiger partial charge in [0.05, 0.1) is 6.61 Å². The highest BCUT2D eigenvalue weighted by molar-refractivity contribution is 5.83. The predicted molar refractivity (Wildman–Crippen MR) is 61.7 cm³/mol. The maximum Gasteiger partial charge on any atom is 0.141 e. The van der Waals surface area contributed by atoms with E-state index >= 15 is 0 Å². The molecular formula is C13H24O2. The molecule has 15 heavy (non-hydrogen) atoms. The minimum atomic E-state index is -0.102. The molecule has 2 nitrogen and oxygen atoms in total. The summed E-state index contributed by atoms with van der Waals surface area (Å²) in [5, 5.41) is 9.13. The lowest BCUT2D eigenvalue weighted by molar-refractivity contribution is -0.128.